The first-order valence-corrected chi connectivity index (χ1v) is 13.4. The second kappa shape index (κ2) is 12.3. The van der Waals surface area contributed by atoms with Crippen molar-refractivity contribution in [3.8, 4) is 11.5 Å². The Bertz CT molecular complexity index is 1650. The lowest BCUT2D eigenvalue weighted by Gasteiger charge is -2.26. The van der Waals surface area contributed by atoms with Crippen molar-refractivity contribution in [3.63, 3.8) is 0 Å². The topological polar surface area (TPSA) is 84.9 Å². The number of anilines is 1. The van der Waals surface area contributed by atoms with Gasteiger partial charge in [-0.3, -0.25) is 14.9 Å². The first-order valence-electron chi connectivity index (χ1n) is 12.6. The molecule has 0 radical (unpaired) electrons. The summed E-state index contributed by atoms with van der Waals surface area (Å²) < 4.78 is 11.6. The van der Waals surface area contributed by atoms with Gasteiger partial charge in [-0.15, -0.1) is 0 Å². The van der Waals surface area contributed by atoms with Gasteiger partial charge in [-0.05, 0) is 78.2 Å². The molecule has 0 aromatic heterocycles. The molecule has 206 valence electrons. The SMILES string of the molecule is Cc1cccc(COc2ccc(/C=C3\C(=O)NC(=O)N(c4ccc(OCc5ccc(Cl)cc5)cc4)C3=O)cc2Cl)c1. The van der Waals surface area contributed by atoms with Gasteiger partial charge in [0.05, 0.1) is 10.7 Å². The van der Waals surface area contributed by atoms with Gasteiger partial charge in [0.2, 0.25) is 0 Å². The van der Waals surface area contributed by atoms with Gasteiger partial charge >= 0.3 is 6.03 Å². The molecule has 0 atom stereocenters. The largest absolute Gasteiger partial charge is 0.489 e. The monoisotopic (exact) mass is 586 g/mol. The summed E-state index contributed by atoms with van der Waals surface area (Å²) in [6, 6.07) is 25.7. The van der Waals surface area contributed by atoms with Crippen LogP contribution in [0.3, 0.4) is 0 Å². The van der Waals surface area contributed by atoms with E-state index in [-0.39, 0.29) is 11.3 Å². The summed E-state index contributed by atoms with van der Waals surface area (Å²) in [5, 5.41) is 3.18. The van der Waals surface area contributed by atoms with Gasteiger partial charge < -0.3 is 9.47 Å². The molecule has 0 bridgehead atoms. The molecule has 0 saturated carbocycles. The predicted octanol–water partition coefficient (Wildman–Crippen LogP) is 7.13. The molecule has 1 saturated heterocycles. The second-order valence-electron chi connectivity index (χ2n) is 9.33. The molecule has 4 amide bonds. The third-order valence-corrected chi connectivity index (χ3v) is 6.81. The number of rotatable bonds is 8. The number of amides is 4. The van der Waals surface area contributed by atoms with Gasteiger partial charge in [-0.25, -0.2) is 9.69 Å². The van der Waals surface area contributed by atoms with Crippen molar-refractivity contribution >= 4 is 52.8 Å². The third-order valence-electron chi connectivity index (χ3n) is 6.26. The van der Waals surface area contributed by atoms with Crippen LogP contribution in [-0.2, 0) is 22.8 Å². The van der Waals surface area contributed by atoms with Crippen LogP contribution in [0.2, 0.25) is 10.0 Å². The molecular weight excluding hydrogens is 563 g/mol. The van der Waals surface area contributed by atoms with E-state index in [1.54, 1.807) is 54.6 Å². The van der Waals surface area contributed by atoms with Crippen molar-refractivity contribution in [3.05, 3.63) is 129 Å². The number of imide groups is 2. The van der Waals surface area contributed by atoms with Gasteiger partial charge in [0.25, 0.3) is 11.8 Å². The van der Waals surface area contributed by atoms with Crippen molar-refractivity contribution in [2.75, 3.05) is 4.90 Å². The summed E-state index contributed by atoms with van der Waals surface area (Å²) in [4.78, 5) is 39.4. The van der Waals surface area contributed by atoms with E-state index in [1.807, 2.05) is 43.3 Å². The number of benzene rings is 4. The minimum Gasteiger partial charge on any atom is -0.489 e. The quantitative estimate of drug-likeness (QED) is 0.175. The molecule has 0 spiro atoms. The molecule has 1 N–H and O–H groups in total. The molecule has 1 aliphatic heterocycles. The first kappa shape index (κ1) is 28.0. The highest BCUT2D eigenvalue weighted by atomic mass is 35.5. The standard InChI is InChI=1S/C32H24Cl2N2O5/c1-20-3-2-4-23(15-20)19-41-29-14-7-22(17-28(29)34)16-27-30(37)35-32(39)36(31(27)38)25-10-12-26(13-11-25)40-18-21-5-8-24(33)9-6-21/h2-17H,18-19H2,1H3,(H,35,37,39)/b27-16+. The van der Waals surface area contributed by atoms with E-state index in [2.05, 4.69) is 5.32 Å². The van der Waals surface area contributed by atoms with Crippen LogP contribution >= 0.6 is 23.2 Å². The Morgan fingerprint density at radius 2 is 1.54 bits per heavy atom. The maximum Gasteiger partial charge on any atom is 0.335 e. The Labute approximate surface area is 246 Å². The summed E-state index contributed by atoms with van der Waals surface area (Å²) in [6.45, 7) is 2.66. The number of nitrogens with zero attached hydrogens (tertiary/aromatic N) is 1. The maximum absolute atomic E-state index is 13.3. The van der Waals surface area contributed by atoms with E-state index in [0.29, 0.717) is 40.3 Å². The Balaban J connectivity index is 1.29. The summed E-state index contributed by atoms with van der Waals surface area (Å²) in [6.07, 6.45) is 1.39. The fourth-order valence-electron chi connectivity index (χ4n) is 4.18. The van der Waals surface area contributed by atoms with Gasteiger partial charge in [-0.1, -0.05) is 71.2 Å². The molecule has 5 rings (SSSR count). The Morgan fingerprint density at radius 3 is 2.24 bits per heavy atom. The zero-order chi connectivity index (χ0) is 28.9. The van der Waals surface area contributed by atoms with Crippen molar-refractivity contribution < 1.29 is 23.9 Å². The fourth-order valence-corrected chi connectivity index (χ4v) is 4.55. The Hall–Kier alpha value is -4.59. The van der Waals surface area contributed by atoms with Crippen LogP contribution in [0.25, 0.3) is 6.08 Å². The number of ether oxygens (including phenoxy) is 2. The van der Waals surface area contributed by atoms with Crippen LogP contribution < -0.4 is 19.7 Å². The number of nitrogens with one attached hydrogen (secondary N) is 1. The minimum absolute atomic E-state index is 0.211. The lowest BCUT2D eigenvalue weighted by Crippen LogP contribution is -2.54. The molecule has 1 heterocycles. The molecule has 1 fully saturated rings. The van der Waals surface area contributed by atoms with E-state index in [0.717, 1.165) is 21.6 Å². The number of carbonyl (C=O) groups excluding carboxylic acids is 3. The average Bonchev–Trinajstić information content (AvgIpc) is 2.95. The van der Waals surface area contributed by atoms with Crippen molar-refractivity contribution in [1.29, 1.82) is 0 Å². The summed E-state index contributed by atoms with van der Waals surface area (Å²) in [7, 11) is 0. The van der Waals surface area contributed by atoms with Crippen LogP contribution in [0.15, 0.2) is 96.6 Å². The van der Waals surface area contributed by atoms with Crippen LogP contribution in [0.4, 0.5) is 10.5 Å². The minimum atomic E-state index is -0.843. The number of urea groups is 1. The smallest absolute Gasteiger partial charge is 0.335 e. The van der Waals surface area contributed by atoms with E-state index in [1.165, 1.54) is 6.08 Å². The maximum atomic E-state index is 13.3. The zero-order valence-electron chi connectivity index (χ0n) is 21.9. The molecule has 4 aromatic rings. The van der Waals surface area contributed by atoms with Crippen molar-refractivity contribution in [1.82, 2.24) is 5.32 Å². The zero-order valence-corrected chi connectivity index (χ0v) is 23.4. The van der Waals surface area contributed by atoms with E-state index in [9.17, 15) is 14.4 Å². The van der Waals surface area contributed by atoms with Crippen LogP contribution in [0.5, 0.6) is 11.5 Å². The summed E-state index contributed by atoms with van der Waals surface area (Å²) in [5.74, 6) is -0.552. The van der Waals surface area contributed by atoms with Gasteiger partial charge in [-0.2, -0.15) is 0 Å². The number of hydrogen-bond donors (Lipinski definition) is 1. The lowest BCUT2D eigenvalue weighted by molar-refractivity contribution is -0.122. The molecule has 4 aromatic carbocycles. The van der Waals surface area contributed by atoms with Crippen LogP contribution in [0.1, 0.15) is 22.3 Å². The fraction of sp³-hybridized carbons (Fsp3) is 0.0938. The normalized spacial score (nSPS) is 14.3. The molecule has 9 heteroatoms. The Kier molecular flexibility index (Phi) is 8.38. The number of hydrogen-bond acceptors (Lipinski definition) is 5. The first-order chi connectivity index (χ1) is 19.8. The number of halogens is 2. The van der Waals surface area contributed by atoms with E-state index in [4.69, 9.17) is 32.7 Å². The highest BCUT2D eigenvalue weighted by molar-refractivity contribution is 6.39. The van der Waals surface area contributed by atoms with Crippen molar-refractivity contribution in [2.24, 2.45) is 0 Å². The van der Waals surface area contributed by atoms with Gasteiger partial charge in [0, 0.05) is 5.02 Å². The number of barbiturate groups is 1. The number of carbonyl (C=O) groups is 3. The third kappa shape index (κ3) is 6.77. The molecule has 0 unspecified atom stereocenters. The van der Waals surface area contributed by atoms with Crippen molar-refractivity contribution in [2.45, 2.75) is 20.1 Å². The average molecular weight is 587 g/mol. The Morgan fingerprint density at radius 1 is 0.805 bits per heavy atom. The highest BCUT2D eigenvalue weighted by Crippen LogP contribution is 2.29. The van der Waals surface area contributed by atoms with Crippen LogP contribution in [0, 0.1) is 6.92 Å². The molecule has 41 heavy (non-hydrogen) atoms. The lowest BCUT2D eigenvalue weighted by atomic mass is 10.1. The molecule has 0 aliphatic carbocycles. The molecule has 7 nitrogen and oxygen atoms in total. The number of aryl methyl sites for hydroxylation is 1. The summed E-state index contributed by atoms with van der Waals surface area (Å²) in [5.41, 5.74) is 3.63. The molecular formula is C32H24Cl2N2O5. The van der Waals surface area contributed by atoms with E-state index >= 15 is 0 Å². The van der Waals surface area contributed by atoms with Gasteiger partial charge in [0.15, 0.2) is 0 Å². The predicted molar refractivity (Wildman–Crippen MR) is 158 cm³/mol. The highest BCUT2D eigenvalue weighted by Gasteiger charge is 2.36. The van der Waals surface area contributed by atoms with E-state index < -0.39 is 17.8 Å². The van der Waals surface area contributed by atoms with Crippen LogP contribution in [-0.4, -0.2) is 17.8 Å². The summed E-state index contributed by atoms with van der Waals surface area (Å²) >= 11 is 12.3. The second-order valence-corrected chi connectivity index (χ2v) is 10.2. The van der Waals surface area contributed by atoms with Gasteiger partial charge in [0.1, 0.15) is 30.3 Å². The molecule has 1 aliphatic rings.